The quantitative estimate of drug-likeness (QED) is 0.852. The number of nitrogen functional groups attached to an aromatic ring is 1. The van der Waals surface area contributed by atoms with Crippen LogP contribution >= 0.6 is 0 Å². The van der Waals surface area contributed by atoms with Crippen molar-refractivity contribution in [1.82, 2.24) is 4.90 Å². The second-order valence-electron chi connectivity index (χ2n) is 5.40. The van der Waals surface area contributed by atoms with Crippen LogP contribution in [0, 0.1) is 0 Å². The highest BCUT2D eigenvalue weighted by atomic mass is 16.5. The maximum Gasteiger partial charge on any atom is 0.256 e. The molecule has 1 aromatic rings. The highest BCUT2D eigenvalue weighted by molar-refractivity contribution is 6.00. The monoisotopic (exact) mass is 277 g/mol. The molecule has 1 aliphatic heterocycles. The Morgan fingerprint density at radius 2 is 2.00 bits per heavy atom. The smallest absolute Gasteiger partial charge is 0.256 e. The van der Waals surface area contributed by atoms with E-state index in [1.165, 1.54) is 0 Å². The van der Waals surface area contributed by atoms with Gasteiger partial charge in [-0.05, 0) is 31.0 Å². The maximum atomic E-state index is 12.7. The Hall–Kier alpha value is -1.75. The lowest BCUT2D eigenvalue weighted by Gasteiger charge is -2.32. The number of anilines is 2. The van der Waals surface area contributed by atoms with Crippen molar-refractivity contribution >= 4 is 17.3 Å². The molecule has 0 bridgehead atoms. The molecule has 5 heteroatoms. The number of ether oxygens (including phenoxy) is 1. The first-order valence-corrected chi connectivity index (χ1v) is 6.92. The Balaban J connectivity index is 2.19. The van der Waals surface area contributed by atoms with Gasteiger partial charge in [-0.3, -0.25) is 4.79 Å². The van der Waals surface area contributed by atoms with Gasteiger partial charge in [0.05, 0.1) is 11.7 Å². The number of rotatable bonds is 3. The van der Waals surface area contributed by atoms with Crippen LogP contribution in [0.5, 0.6) is 0 Å². The van der Waals surface area contributed by atoms with E-state index in [1.54, 1.807) is 13.2 Å². The molecule has 0 atom stereocenters. The van der Waals surface area contributed by atoms with Crippen molar-refractivity contribution in [1.29, 1.82) is 0 Å². The number of hydrogen-bond donors (Lipinski definition) is 1. The average molecular weight is 277 g/mol. The predicted octanol–water partition coefficient (Wildman–Crippen LogP) is 1.59. The van der Waals surface area contributed by atoms with E-state index >= 15 is 0 Å². The Kier molecular flexibility index (Phi) is 4.49. The highest BCUT2D eigenvalue weighted by Crippen LogP contribution is 2.24. The Labute approximate surface area is 120 Å². The zero-order chi connectivity index (χ0) is 14.7. The van der Waals surface area contributed by atoms with Crippen molar-refractivity contribution < 1.29 is 9.53 Å². The van der Waals surface area contributed by atoms with Crippen LogP contribution in [0.3, 0.4) is 0 Å². The molecular weight excluding hydrogens is 254 g/mol. The number of nitrogens with two attached hydrogens (primary N) is 1. The van der Waals surface area contributed by atoms with E-state index in [0.29, 0.717) is 11.3 Å². The fourth-order valence-corrected chi connectivity index (χ4v) is 2.58. The molecule has 0 aromatic heterocycles. The first kappa shape index (κ1) is 14.7. The van der Waals surface area contributed by atoms with Crippen LogP contribution in [-0.4, -0.2) is 51.2 Å². The van der Waals surface area contributed by atoms with E-state index in [1.807, 2.05) is 36.0 Å². The molecule has 1 heterocycles. The van der Waals surface area contributed by atoms with Crippen LogP contribution in [0.1, 0.15) is 23.2 Å². The predicted molar refractivity (Wildman–Crippen MR) is 81.1 cm³/mol. The van der Waals surface area contributed by atoms with Gasteiger partial charge in [0.15, 0.2) is 0 Å². The summed E-state index contributed by atoms with van der Waals surface area (Å²) in [4.78, 5) is 16.5. The second kappa shape index (κ2) is 6.13. The van der Waals surface area contributed by atoms with Crippen molar-refractivity contribution in [3.05, 3.63) is 23.8 Å². The lowest BCUT2D eigenvalue weighted by Crippen LogP contribution is -2.41. The summed E-state index contributed by atoms with van der Waals surface area (Å²) in [5.41, 5.74) is 8.02. The number of likely N-dealkylation sites (tertiary alicyclic amines) is 1. The minimum Gasteiger partial charge on any atom is -0.399 e. The zero-order valence-electron chi connectivity index (χ0n) is 12.4. The van der Waals surface area contributed by atoms with Crippen molar-refractivity contribution in [2.75, 3.05) is 44.9 Å². The molecule has 2 rings (SSSR count). The van der Waals surface area contributed by atoms with E-state index < -0.39 is 0 Å². The number of benzene rings is 1. The van der Waals surface area contributed by atoms with Crippen molar-refractivity contribution in [2.24, 2.45) is 0 Å². The third-order valence-corrected chi connectivity index (χ3v) is 3.80. The summed E-state index contributed by atoms with van der Waals surface area (Å²) in [6.07, 6.45) is 2.05. The molecule has 5 nitrogen and oxygen atoms in total. The van der Waals surface area contributed by atoms with E-state index in [0.717, 1.165) is 31.6 Å². The SMILES string of the molecule is COC1CCN(C(=O)c2cc(N)ccc2N(C)C)CC1. The molecule has 0 unspecified atom stereocenters. The fraction of sp³-hybridized carbons (Fsp3) is 0.533. The van der Waals surface area contributed by atoms with Crippen molar-refractivity contribution in [3.63, 3.8) is 0 Å². The highest BCUT2D eigenvalue weighted by Gasteiger charge is 2.25. The topological polar surface area (TPSA) is 58.8 Å². The number of piperidine rings is 1. The molecule has 1 saturated heterocycles. The number of carbonyl (C=O) groups is 1. The Morgan fingerprint density at radius 3 is 2.55 bits per heavy atom. The van der Waals surface area contributed by atoms with Crippen LogP contribution in [-0.2, 0) is 4.74 Å². The van der Waals surface area contributed by atoms with Crippen molar-refractivity contribution in [3.8, 4) is 0 Å². The molecule has 0 spiro atoms. The molecule has 20 heavy (non-hydrogen) atoms. The van der Waals surface area contributed by atoms with E-state index in [4.69, 9.17) is 10.5 Å². The van der Waals surface area contributed by atoms with E-state index in [2.05, 4.69) is 0 Å². The van der Waals surface area contributed by atoms with E-state index in [-0.39, 0.29) is 12.0 Å². The normalized spacial score (nSPS) is 16.2. The molecular formula is C15H23N3O2. The Bertz CT molecular complexity index is 480. The van der Waals surface area contributed by atoms with Gasteiger partial charge in [0.25, 0.3) is 5.91 Å². The third kappa shape index (κ3) is 3.04. The van der Waals surface area contributed by atoms with Gasteiger partial charge in [-0.2, -0.15) is 0 Å². The summed E-state index contributed by atoms with van der Waals surface area (Å²) < 4.78 is 5.34. The van der Waals surface area contributed by atoms with E-state index in [9.17, 15) is 4.79 Å². The molecule has 1 amide bonds. The molecule has 110 valence electrons. The van der Waals surface area contributed by atoms with Gasteiger partial charge in [0, 0.05) is 45.7 Å². The second-order valence-corrected chi connectivity index (χ2v) is 5.40. The molecule has 1 aromatic carbocycles. The largest absolute Gasteiger partial charge is 0.399 e. The first-order valence-electron chi connectivity index (χ1n) is 6.92. The fourth-order valence-electron chi connectivity index (χ4n) is 2.58. The maximum absolute atomic E-state index is 12.7. The number of carbonyl (C=O) groups excluding carboxylic acids is 1. The summed E-state index contributed by atoms with van der Waals surface area (Å²) >= 11 is 0. The molecule has 1 fully saturated rings. The average Bonchev–Trinajstić information content (AvgIpc) is 2.46. The zero-order valence-corrected chi connectivity index (χ0v) is 12.4. The third-order valence-electron chi connectivity index (χ3n) is 3.80. The summed E-state index contributed by atoms with van der Waals surface area (Å²) in [6, 6.07) is 5.48. The number of amides is 1. The summed E-state index contributed by atoms with van der Waals surface area (Å²) in [5, 5.41) is 0. The summed E-state index contributed by atoms with van der Waals surface area (Å²) in [5.74, 6) is 0.0514. The van der Waals surface area contributed by atoms with Gasteiger partial charge in [-0.1, -0.05) is 0 Å². The summed E-state index contributed by atoms with van der Waals surface area (Å²) in [6.45, 7) is 1.47. The molecule has 0 aliphatic carbocycles. The lowest BCUT2D eigenvalue weighted by atomic mass is 10.0. The van der Waals surface area contributed by atoms with Gasteiger partial charge in [-0.25, -0.2) is 0 Å². The number of hydrogen-bond acceptors (Lipinski definition) is 4. The molecule has 0 radical (unpaired) electrons. The molecule has 1 aliphatic rings. The Morgan fingerprint density at radius 1 is 1.35 bits per heavy atom. The number of nitrogens with zero attached hydrogens (tertiary/aromatic N) is 2. The van der Waals surface area contributed by atoms with Crippen LogP contribution in [0.25, 0.3) is 0 Å². The van der Waals surface area contributed by atoms with Gasteiger partial charge in [-0.15, -0.1) is 0 Å². The number of methoxy groups -OCH3 is 1. The van der Waals surface area contributed by atoms with Crippen LogP contribution < -0.4 is 10.6 Å². The van der Waals surface area contributed by atoms with Gasteiger partial charge >= 0.3 is 0 Å². The summed E-state index contributed by atoms with van der Waals surface area (Å²) in [7, 11) is 5.59. The van der Waals surface area contributed by atoms with Crippen molar-refractivity contribution in [2.45, 2.75) is 18.9 Å². The minimum absolute atomic E-state index is 0.0514. The standard InChI is InChI=1S/C15H23N3O2/c1-17(2)14-5-4-11(16)10-13(14)15(19)18-8-6-12(20-3)7-9-18/h4-5,10,12H,6-9,16H2,1-3H3. The van der Waals surface area contributed by atoms with Crippen LogP contribution in [0.15, 0.2) is 18.2 Å². The minimum atomic E-state index is 0.0514. The van der Waals surface area contributed by atoms with Crippen LogP contribution in [0.2, 0.25) is 0 Å². The van der Waals surface area contributed by atoms with Gasteiger partial charge < -0.3 is 20.3 Å². The van der Waals surface area contributed by atoms with Gasteiger partial charge in [0.2, 0.25) is 0 Å². The van der Waals surface area contributed by atoms with Gasteiger partial charge in [0.1, 0.15) is 0 Å². The van der Waals surface area contributed by atoms with Crippen LogP contribution in [0.4, 0.5) is 11.4 Å². The lowest BCUT2D eigenvalue weighted by molar-refractivity contribution is 0.0351. The molecule has 0 saturated carbocycles. The molecule has 2 N–H and O–H groups in total. The first-order chi connectivity index (χ1) is 9.52.